The lowest BCUT2D eigenvalue weighted by Gasteiger charge is -2.22. The van der Waals surface area contributed by atoms with Crippen molar-refractivity contribution in [2.24, 2.45) is 0 Å². The molecule has 4 heteroatoms. The van der Waals surface area contributed by atoms with E-state index in [1.54, 1.807) is 32.2 Å². The van der Waals surface area contributed by atoms with Crippen molar-refractivity contribution in [2.75, 3.05) is 7.05 Å². The van der Waals surface area contributed by atoms with Gasteiger partial charge in [0.05, 0.1) is 0 Å². The van der Waals surface area contributed by atoms with Gasteiger partial charge >= 0.3 is 0 Å². The van der Waals surface area contributed by atoms with Crippen LogP contribution in [0.2, 0.25) is 0 Å². The molecule has 0 aliphatic carbocycles. The third kappa shape index (κ3) is 4.07. The lowest BCUT2D eigenvalue weighted by molar-refractivity contribution is -0.137. The number of amides is 1. The summed E-state index contributed by atoms with van der Waals surface area (Å²) in [7, 11) is 1.64. The molecule has 2 rings (SSSR count). The molecule has 0 aliphatic heterocycles. The predicted molar refractivity (Wildman–Crippen MR) is 84.1 cm³/mol. The third-order valence-corrected chi connectivity index (χ3v) is 3.42. The first kappa shape index (κ1) is 16.0. The van der Waals surface area contributed by atoms with Gasteiger partial charge in [0, 0.05) is 19.2 Å². The molecule has 0 bridgehead atoms. The fourth-order valence-electron chi connectivity index (χ4n) is 2.14. The number of likely N-dealkylation sites (N-methyl/N-ethyl adjacent to an activating group) is 1. The highest BCUT2D eigenvalue weighted by Crippen LogP contribution is 2.15. The summed E-state index contributed by atoms with van der Waals surface area (Å²) >= 11 is 0. The summed E-state index contributed by atoms with van der Waals surface area (Å²) in [5, 5.41) is 0. The van der Waals surface area contributed by atoms with Crippen LogP contribution in [0.15, 0.2) is 48.5 Å². The van der Waals surface area contributed by atoms with Crippen molar-refractivity contribution in [3.05, 3.63) is 65.5 Å². The van der Waals surface area contributed by atoms with E-state index in [0.717, 1.165) is 5.56 Å². The minimum Gasteiger partial charge on any atom is -0.481 e. The Bertz CT molecular complexity index is 640. The molecule has 1 unspecified atom stereocenters. The number of aryl methyl sites for hydroxylation is 1. The minimum atomic E-state index is -0.625. The maximum Gasteiger partial charge on any atom is 0.263 e. The molecule has 0 saturated carbocycles. The standard InChI is InChI=1S/C18H20FNO2/c1-13-8-10-16(11-9-13)22-14(2)18(21)20(3)12-15-6-4-5-7-17(15)19/h4-11,14H,12H2,1-3H3. The van der Waals surface area contributed by atoms with Crippen molar-refractivity contribution in [1.29, 1.82) is 0 Å². The first-order valence-corrected chi connectivity index (χ1v) is 7.19. The second kappa shape index (κ2) is 7.07. The Balaban J connectivity index is 1.97. The van der Waals surface area contributed by atoms with E-state index >= 15 is 0 Å². The van der Waals surface area contributed by atoms with Crippen molar-refractivity contribution in [3.63, 3.8) is 0 Å². The van der Waals surface area contributed by atoms with Gasteiger partial charge in [-0.25, -0.2) is 4.39 Å². The molecule has 2 aromatic rings. The van der Waals surface area contributed by atoms with Gasteiger partial charge in [-0.15, -0.1) is 0 Å². The van der Waals surface area contributed by atoms with E-state index in [4.69, 9.17) is 4.74 Å². The number of rotatable bonds is 5. The van der Waals surface area contributed by atoms with Gasteiger partial charge in [-0.1, -0.05) is 35.9 Å². The highest BCUT2D eigenvalue weighted by atomic mass is 19.1. The summed E-state index contributed by atoms with van der Waals surface area (Å²) in [6.07, 6.45) is -0.625. The van der Waals surface area contributed by atoms with Gasteiger partial charge in [-0.05, 0) is 32.0 Å². The van der Waals surface area contributed by atoms with E-state index in [2.05, 4.69) is 0 Å². The van der Waals surface area contributed by atoms with Crippen LogP contribution >= 0.6 is 0 Å². The van der Waals surface area contributed by atoms with E-state index in [1.807, 2.05) is 31.2 Å². The lowest BCUT2D eigenvalue weighted by Crippen LogP contribution is -2.37. The highest BCUT2D eigenvalue weighted by molar-refractivity contribution is 5.80. The number of hydrogen-bond donors (Lipinski definition) is 0. The second-order valence-electron chi connectivity index (χ2n) is 5.36. The van der Waals surface area contributed by atoms with E-state index in [1.165, 1.54) is 11.0 Å². The Hall–Kier alpha value is -2.36. The van der Waals surface area contributed by atoms with Crippen LogP contribution in [0.3, 0.4) is 0 Å². The fourth-order valence-corrected chi connectivity index (χ4v) is 2.14. The largest absolute Gasteiger partial charge is 0.481 e. The zero-order valence-electron chi connectivity index (χ0n) is 13.0. The number of nitrogens with zero attached hydrogens (tertiary/aromatic N) is 1. The quantitative estimate of drug-likeness (QED) is 0.845. The van der Waals surface area contributed by atoms with E-state index < -0.39 is 6.10 Å². The molecule has 0 saturated heterocycles. The summed E-state index contributed by atoms with van der Waals surface area (Å²) in [5.41, 5.74) is 1.61. The highest BCUT2D eigenvalue weighted by Gasteiger charge is 2.20. The Labute approximate surface area is 130 Å². The van der Waals surface area contributed by atoms with E-state index in [-0.39, 0.29) is 18.3 Å². The summed E-state index contributed by atoms with van der Waals surface area (Å²) in [5.74, 6) is 0.142. The minimum absolute atomic E-state index is 0.191. The molecular formula is C18H20FNO2. The van der Waals surface area contributed by atoms with Crippen LogP contribution in [0.25, 0.3) is 0 Å². The maximum atomic E-state index is 13.6. The van der Waals surface area contributed by atoms with E-state index in [9.17, 15) is 9.18 Å². The van der Waals surface area contributed by atoms with Crippen molar-refractivity contribution in [2.45, 2.75) is 26.5 Å². The summed E-state index contributed by atoms with van der Waals surface area (Å²) in [4.78, 5) is 13.8. The van der Waals surface area contributed by atoms with Gasteiger partial charge in [0.15, 0.2) is 6.10 Å². The average Bonchev–Trinajstić information content (AvgIpc) is 2.51. The van der Waals surface area contributed by atoms with Gasteiger partial charge in [0.1, 0.15) is 11.6 Å². The first-order valence-electron chi connectivity index (χ1n) is 7.19. The zero-order valence-corrected chi connectivity index (χ0v) is 13.0. The average molecular weight is 301 g/mol. The number of carbonyl (C=O) groups is 1. The normalized spacial score (nSPS) is 11.8. The van der Waals surface area contributed by atoms with Gasteiger partial charge < -0.3 is 9.64 Å². The Morgan fingerprint density at radius 2 is 1.82 bits per heavy atom. The van der Waals surface area contributed by atoms with Crippen LogP contribution in [0, 0.1) is 12.7 Å². The molecule has 1 amide bonds. The Kier molecular flexibility index (Phi) is 5.15. The van der Waals surface area contributed by atoms with Crippen LogP contribution in [-0.2, 0) is 11.3 Å². The maximum absolute atomic E-state index is 13.6. The molecule has 0 aliphatic rings. The molecule has 0 spiro atoms. The number of ether oxygens (including phenoxy) is 1. The summed E-state index contributed by atoms with van der Waals surface area (Å²) < 4.78 is 19.3. The topological polar surface area (TPSA) is 29.5 Å². The molecule has 0 aromatic heterocycles. The Morgan fingerprint density at radius 1 is 1.18 bits per heavy atom. The van der Waals surface area contributed by atoms with Crippen molar-refractivity contribution >= 4 is 5.91 Å². The van der Waals surface area contributed by atoms with Crippen molar-refractivity contribution in [3.8, 4) is 5.75 Å². The van der Waals surface area contributed by atoms with Gasteiger partial charge in [-0.3, -0.25) is 4.79 Å². The molecule has 0 heterocycles. The molecule has 3 nitrogen and oxygen atoms in total. The number of benzene rings is 2. The Morgan fingerprint density at radius 3 is 2.45 bits per heavy atom. The van der Waals surface area contributed by atoms with Crippen LogP contribution in [-0.4, -0.2) is 24.0 Å². The molecule has 0 N–H and O–H groups in total. The molecule has 22 heavy (non-hydrogen) atoms. The zero-order chi connectivity index (χ0) is 16.1. The van der Waals surface area contributed by atoms with Gasteiger partial charge in [0.25, 0.3) is 5.91 Å². The first-order chi connectivity index (χ1) is 10.5. The van der Waals surface area contributed by atoms with Crippen molar-refractivity contribution in [1.82, 2.24) is 4.90 Å². The molecule has 116 valence electrons. The van der Waals surface area contributed by atoms with Crippen LogP contribution in [0.1, 0.15) is 18.1 Å². The SMILES string of the molecule is Cc1ccc(OC(C)C(=O)N(C)Cc2ccccc2F)cc1. The molecule has 0 radical (unpaired) electrons. The smallest absolute Gasteiger partial charge is 0.263 e. The van der Waals surface area contributed by atoms with E-state index in [0.29, 0.717) is 11.3 Å². The second-order valence-corrected chi connectivity index (χ2v) is 5.36. The molecule has 2 aromatic carbocycles. The van der Waals surface area contributed by atoms with Crippen molar-refractivity contribution < 1.29 is 13.9 Å². The molecular weight excluding hydrogens is 281 g/mol. The van der Waals surface area contributed by atoms with Gasteiger partial charge in [0.2, 0.25) is 0 Å². The summed E-state index contributed by atoms with van der Waals surface area (Å²) in [6.45, 7) is 3.90. The van der Waals surface area contributed by atoms with Crippen LogP contribution in [0.5, 0.6) is 5.75 Å². The number of hydrogen-bond acceptors (Lipinski definition) is 2. The third-order valence-electron chi connectivity index (χ3n) is 3.42. The number of carbonyl (C=O) groups excluding carboxylic acids is 1. The lowest BCUT2D eigenvalue weighted by atomic mass is 10.2. The molecule has 0 fully saturated rings. The monoisotopic (exact) mass is 301 g/mol. The fraction of sp³-hybridized carbons (Fsp3) is 0.278. The number of halogens is 1. The molecule has 1 atom stereocenters. The predicted octanol–water partition coefficient (Wildman–Crippen LogP) is 3.56. The van der Waals surface area contributed by atoms with Gasteiger partial charge in [-0.2, -0.15) is 0 Å². The van der Waals surface area contributed by atoms with Crippen LogP contribution < -0.4 is 4.74 Å². The van der Waals surface area contributed by atoms with Crippen LogP contribution in [0.4, 0.5) is 4.39 Å². The summed E-state index contributed by atoms with van der Waals surface area (Å²) in [6, 6.07) is 14.0.